The molecule has 5 rings (SSSR count). The highest BCUT2D eigenvalue weighted by Gasteiger charge is 2.55. The number of rotatable bonds is 9. The van der Waals surface area contributed by atoms with Crippen molar-refractivity contribution in [2.45, 2.75) is 114 Å². The van der Waals surface area contributed by atoms with Gasteiger partial charge in [-0.05, 0) is 112 Å². The molecule has 11 nitrogen and oxygen atoms in total. The van der Waals surface area contributed by atoms with E-state index in [1.54, 1.807) is 89.2 Å². The molecule has 1 aliphatic heterocycles. The predicted molar refractivity (Wildman–Crippen MR) is 221 cm³/mol. The van der Waals surface area contributed by atoms with Crippen LogP contribution in [-0.4, -0.2) is 65.8 Å². The Morgan fingerprint density at radius 1 is 0.586 bits per heavy atom. The summed E-state index contributed by atoms with van der Waals surface area (Å²) in [4.78, 5) is 54.2. The molecule has 1 saturated heterocycles. The highest BCUT2D eigenvalue weighted by Crippen LogP contribution is 2.42. The summed E-state index contributed by atoms with van der Waals surface area (Å²) in [6.45, 7) is 19.9. The second-order valence-electron chi connectivity index (χ2n) is 19.1. The standard InChI is InChI=1S/C47H59NO10/c1-44(2,3)40(49)53-27-33-36(56-41(50)45(4,5)6)37(57-42(51)46(7,8)9)38(58-43(52)47(10,11)12)39(55-33)54-30-24-25-32-31(26-30)34(28-20-16-14-17-21-28)35(48(32)13)29-22-18-15-19-23-29/h14-26,33,36-39H,27H2,1-13H3/t33-,36-,37+,38-,39-/m1/s1. The van der Waals surface area contributed by atoms with E-state index in [9.17, 15) is 19.2 Å². The molecule has 4 aromatic rings. The maximum atomic E-state index is 13.8. The zero-order valence-electron chi connectivity index (χ0n) is 36.1. The molecule has 0 radical (unpaired) electrons. The monoisotopic (exact) mass is 797 g/mol. The number of aromatic nitrogens is 1. The molecule has 0 aliphatic carbocycles. The molecular formula is C47H59NO10. The van der Waals surface area contributed by atoms with Gasteiger partial charge >= 0.3 is 23.9 Å². The molecule has 11 heteroatoms. The molecule has 0 unspecified atom stereocenters. The van der Waals surface area contributed by atoms with E-state index in [4.69, 9.17) is 28.4 Å². The number of ether oxygens (including phenoxy) is 6. The van der Waals surface area contributed by atoms with Gasteiger partial charge in [0.05, 0.1) is 27.4 Å². The Kier molecular flexibility index (Phi) is 12.6. The Morgan fingerprint density at radius 3 is 1.55 bits per heavy atom. The third kappa shape index (κ3) is 9.92. The first-order valence-corrected chi connectivity index (χ1v) is 19.7. The maximum absolute atomic E-state index is 13.8. The van der Waals surface area contributed by atoms with Crippen molar-refractivity contribution in [3.05, 3.63) is 78.9 Å². The number of nitrogens with zero attached hydrogens (tertiary/aromatic N) is 1. The summed E-state index contributed by atoms with van der Waals surface area (Å²) in [6, 6.07) is 25.8. The average Bonchev–Trinajstić information content (AvgIpc) is 3.42. The molecule has 3 aromatic carbocycles. The predicted octanol–water partition coefficient (Wildman–Crippen LogP) is 9.08. The normalized spacial score (nSPS) is 20.3. The van der Waals surface area contributed by atoms with Gasteiger partial charge in [-0.15, -0.1) is 0 Å². The van der Waals surface area contributed by atoms with Crippen LogP contribution in [0.5, 0.6) is 5.75 Å². The van der Waals surface area contributed by atoms with Crippen LogP contribution < -0.4 is 4.74 Å². The number of benzene rings is 3. The minimum atomic E-state index is -1.44. The first-order chi connectivity index (χ1) is 26.9. The van der Waals surface area contributed by atoms with Crippen LogP contribution in [-0.2, 0) is 49.9 Å². The fourth-order valence-corrected chi connectivity index (χ4v) is 6.25. The van der Waals surface area contributed by atoms with E-state index in [2.05, 4.69) is 28.8 Å². The molecule has 312 valence electrons. The van der Waals surface area contributed by atoms with Gasteiger partial charge in [-0.2, -0.15) is 0 Å². The van der Waals surface area contributed by atoms with Gasteiger partial charge in [0.1, 0.15) is 18.5 Å². The largest absolute Gasteiger partial charge is 0.462 e. The lowest BCUT2D eigenvalue weighted by atomic mass is 9.93. The van der Waals surface area contributed by atoms with Crippen molar-refractivity contribution in [3.63, 3.8) is 0 Å². The van der Waals surface area contributed by atoms with Gasteiger partial charge in [0.25, 0.3) is 0 Å². The van der Waals surface area contributed by atoms with E-state index in [1.165, 1.54) is 0 Å². The fraction of sp³-hybridized carbons (Fsp3) is 0.489. The van der Waals surface area contributed by atoms with E-state index < -0.39 is 82.8 Å². The smallest absolute Gasteiger partial charge is 0.311 e. The van der Waals surface area contributed by atoms with Gasteiger partial charge in [0.2, 0.25) is 12.4 Å². The van der Waals surface area contributed by atoms with Crippen molar-refractivity contribution < 1.29 is 47.6 Å². The van der Waals surface area contributed by atoms with Gasteiger partial charge in [-0.1, -0.05) is 60.7 Å². The van der Waals surface area contributed by atoms with Crippen molar-refractivity contribution >= 4 is 34.8 Å². The van der Waals surface area contributed by atoms with Crippen LogP contribution in [0.15, 0.2) is 78.9 Å². The number of aryl methyl sites for hydroxylation is 1. The summed E-state index contributed by atoms with van der Waals surface area (Å²) in [5, 5.41) is 0.882. The summed E-state index contributed by atoms with van der Waals surface area (Å²) in [5.41, 5.74) is 1.07. The molecule has 2 heterocycles. The van der Waals surface area contributed by atoms with Gasteiger partial charge < -0.3 is 33.0 Å². The van der Waals surface area contributed by atoms with E-state index in [-0.39, 0.29) is 0 Å². The molecule has 1 fully saturated rings. The number of esters is 4. The molecule has 58 heavy (non-hydrogen) atoms. The van der Waals surface area contributed by atoms with Gasteiger partial charge in [0, 0.05) is 23.5 Å². The number of carbonyl (C=O) groups is 4. The SMILES string of the molecule is Cn1c(-c2ccccc2)c(-c2ccccc2)c2cc(O[C@@H]3O[C@H](COC(=O)C(C)(C)C)[C@@H](OC(=O)C(C)(C)C)[C@H](OC(=O)C(C)(C)C)[C@H]3OC(=O)C(C)(C)C)ccc21. The molecule has 0 amide bonds. The van der Waals surface area contributed by atoms with E-state index >= 15 is 0 Å². The lowest BCUT2D eigenvalue weighted by Gasteiger charge is -2.45. The van der Waals surface area contributed by atoms with Crippen LogP contribution in [0.1, 0.15) is 83.1 Å². The van der Waals surface area contributed by atoms with Crippen molar-refractivity contribution in [1.82, 2.24) is 4.57 Å². The summed E-state index contributed by atoms with van der Waals surface area (Å²) in [6.07, 6.45) is -6.90. The third-order valence-electron chi connectivity index (χ3n) is 9.68. The van der Waals surface area contributed by atoms with Gasteiger partial charge in [-0.25, -0.2) is 0 Å². The van der Waals surface area contributed by atoms with Crippen molar-refractivity contribution in [2.24, 2.45) is 28.7 Å². The van der Waals surface area contributed by atoms with Crippen LogP contribution in [0.3, 0.4) is 0 Å². The number of hydrogen-bond donors (Lipinski definition) is 0. The average molecular weight is 798 g/mol. The van der Waals surface area contributed by atoms with Crippen molar-refractivity contribution in [3.8, 4) is 28.1 Å². The first-order valence-electron chi connectivity index (χ1n) is 19.7. The molecule has 0 spiro atoms. The summed E-state index contributed by atoms with van der Waals surface area (Å²) in [5.74, 6) is -2.10. The highest BCUT2D eigenvalue weighted by atomic mass is 16.7. The minimum absolute atomic E-state index is 0.355. The topological polar surface area (TPSA) is 129 Å². The Hall–Kier alpha value is -5.16. The Labute approximate surface area is 342 Å². The molecule has 1 aromatic heterocycles. The van der Waals surface area contributed by atoms with Gasteiger partial charge in [0.15, 0.2) is 12.2 Å². The number of fused-ring (bicyclic) bond motifs is 1. The second-order valence-corrected chi connectivity index (χ2v) is 19.1. The van der Waals surface area contributed by atoms with E-state index in [0.29, 0.717) is 5.75 Å². The lowest BCUT2D eigenvalue weighted by molar-refractivity contribution is -0.293. The second kappa shape index (κ2) is 16.6. The van der Waals surface area contributed by atoms with Crippen LogP contribution in [0.25, 0.3) is 33.3 Å². The zero-order chi connectivity index (χ0) is 43.0. The molecule has 1 aliphatic rings. The van der Waals surface area contributed by atoms with Crippen molar-refractivity contribution in [1.29, 1.82) is 0 Å². The van der Waals surface area contributed by atoms with E-state index in [0.717, 1.165) is 33.3 Å². The van der Waals surface area contributed by atoms with Gasteiger partial charge in [-0.3, -0.25) is 19.2 Å². The molecule has 0 bridgehead atoms. The van der Waals surface area contributed by atoms with Crippen LogP contribution in [0, 0.1) is 21.7 Å². The summed E-state index contributed by atoms with van der Waals surface area (Å²) in [7, 11) is 2.01. The Morgan fingerprint density at radius 2 is 1.05 bits per heavy atom. The lowest BCUT2D eigenvalue weighted by Crippen LogP contribution is -2.64. The van der Waals surface area contributed by atoms with Crippen LogP contribution >= 0.6 is 0 Å². The Balaban J connectivity index is 1.68. The van der Waals surface area contributed by atoms with Crippen molar-refractivity contribution in [2.75, 3.05) is 6.61 Å². The fourth-order valence-electron chi connectivity index (χ4n) is 6.25. The molecule has 0 N–H and O–H groups in total. The van der Waals surface area contributed by atoms with E-state index in [1.807, 2.05) is 55.6 Å². The van der Waals surface area contributed by atoms with Crippen LogP contribution in [0.2, 0.25) is 0 Å². The van der Waals surface area contributed by atoms with Crippen LogP contribution in [0.4, 0.5) is 0 Å². The number of hydrogen-bond acceptors (Lipinski definition) is 10. The highest BCUT2D eigenvalue weighted by molar-refractivity contribution is 6.05. The minimum Gasteiger partial charge on any atom is -0.462 e. The third-order valence-corrected chi connectivity index (χ3v) is 9.68. The summed E-state index contributed by atoms with van der Waals surface area (Å²) >= 11 is 0. The quantitative estimate of drug-likeness (QED) is 0.120. The first kappa shape index (κ1) is 44.0. The zero-order valence-corrected chi connectivity index (χ0v) is 36.1. The maximum Gasteiger partial charge on any atom is 0.311 e. The molecule has 5 atom stereocenters. The summed E-state index contributed by atoms with van der Waals surface area (Å²) < 4.78 is 39.6. The molecule has 0 saturated carbocycles. The Bertz CT molecular complexity index is 2110. The number of carbonyl (C=O) groups excluding carboxylic acids is 4. The molecular weight excluding hydrogens is 739 g/mol.